The van der Waals surface area contributed by atoms with Crippen LogP contribution in [0.2, 0.25) is 0 Å². The summed E-state index contributed by atoms with van der Waals surface area (Å²) in [5, 5.41) is 0. The third kappa shape index (κ3) is 1.43. The molecule has 1 unspecified atom stereocenters. The molecule has 2 rings (SSSR count). The zero-order valence-corrected chi connectivity index (χ0v) is 8.36. The quantitative estimate of drug-likeness (QED) is 0.711. The van der Waals surface area contributed by atoms with Gasteiger partial charge in [-0.05, 0) is 12.1 Å². The summed E-state index contributed by atoms with van der Waals surface area (Å²) in [7, 11) is 1.28. The molecule has 0 aliphatic heterocycles. The first-order valence-corrected chi connectivity index (χ1v) is 4.60. The van der Waals surface area contributed by atoms with Crippen molar-refractivity contribution in [3.63, 3.8) is 0 Å². The summed E-state index contributed by atoms with van der Waals surface area (Å²) in [6.07, 6.45) is 0. The third-order valence-corrected chi connectivity index (χ3v) is 2.57. The Morgan fingerprint density at radius 1 is 1.19 bits per heavy atom. The Morgan fingerprint density at radius 2 is 1.88 bits per heavy atom. The molecular formula is C11H8F4O. The molecule has 0 radical (unpaired) electrons. The third-order valence-electron chi connectivity index (χ3n) is 2.57. The van der Waals surface area contributed by atoms with Gasteiger partial charge in [0, 0.05) is 18.2 Å². The molecule has 0 fully saturated rings. The summed E-state index contributed by atoms with van der Waals surface area (Å²) in [4.78, 5) is 0. The number of ether oxygens (including phenoxy) is 1. The van der Waals surface area contributed by atoms with Gasteiger partial charge < -0.3 is 4.74 Å². The molecule has 0 bridgehead atoms. The highest BCUT2D eigenvalue weighted by molar-refractivity contribution is 5.72. The van der Waals surface area contributed by atoms with Crippen molar-refractivity contribution >= 4 is 5.83 Å². The van der Waals surface area contributed by atoms with E-state index in [1.165, 1.54) is 7.11 Å². The topological polar surface area (TPSA) is 9.23 Å². The van der Waals surface area contributed by atoms with Crippen molar-refractivity contribution in [2.45, 2.75) is 5.92 Å². The van der Waals surface area contributed by atoms with E-state index in [2.05, 4.69) is 4.74 Å². The Balaban J connectivity index is 2.60. The van der Waals surface area contributed by atoms with Crippen molar-refractivity contribution in [3.8, 4) is 0 Å². The summed E-state index contributed by atoms with van der Waals surface area (Å²) in [5.41, 5.74) is -0.546. The molecule has 1 nitrogen and oxygen atoms in total. The molecule has 1 atom stereocenters. The van der Waals surface area contributed by atoms with Crippen LogP contribution in [0.15, 0.2) is 18.0 Å². The molecule has 1 aromatic rings. The molecule has 5 heteroatoms. The van der Waals surface area contributed by atoms with E-state index < -0.39 is 29.2 Å². The molecule has 0 spiro atoms. The monoisotopic (exact) mass is 232 g/mol. The summed E-state index contributed by atoms with van der Waals surface area (Å²) in [6.45, 7) is -0.230. The van der Waals surface area contributed by atoms with Crippen LogP contribution in [0.4, 0.5) is 17.6 Å². The van der Waals surface area contributed by atoms with Crippen LogP contribution in [0.1, 0.15) is 17.0 Å². The fraction of sp³-hybridized carbons (Fsp3) is 0.273. The van der Waals surface area contributed by atoms with Gasteiger partial charge >= 0.3 is 0 Å². The lowest BCUT2D eigenvalue weighted by Gasteiger charge is -2.11. The average Bonchev–Trinajstić information content (AvgIpc) is 2.50. The van der Waals surface area contributed by atoms with Gasteiger partial charge in [-0.1, -0.05) is 0 Å². The normalized spacial score (nSPS) is 19.2. The predicted octanol–water partition coefficient (Wildman–Crippen LogP) is 3.32. The van der Waals surface area contributed by atoms with Gasteiger partial charge in [-0.3, -0.25) is 0 Å². The molecule has 86 valence electrons. The molecule has 0 N–H and O–H groups in total. The first-order valence-electron chi connectivity index (χ1n) is 4.60. The first-order chi connectivity index (χ1) is 7.57. The van der Waals surface area contributed by atoms with Crippen LogP contribution >= 0.6 is 0 Å². The minimum atomic E-state index is -1.22. The van der Waals surface area contributed by atoms with Crippen LogP contribution in [-0.2, 0) is 4.74 Å². The van der Waals surface area contributed by atoms with Crippen LogP contribution in [-0.4, -0.2) is 13.7 Å². The van der Waals surface area contributed by atoms with Crippen LogP contribution in [0.3, 0.4) is 0 Å². The van der Waals surface area contributed by atoms with E-state index in [9.17, 15) is 17.6 Å². The number of benzene rings is 1. The fourth-order valence-electron chi connectivity index (χ4n) is 1.83. The maximum absolute atomic E-state index is 13.4. The number of halogens is 4. The zero-order chi connectivity index (χ0) is 11.9. The van der Waals surface area contributed by atoms with E-state index in [0.717, 1.165) is 12.1 Å². The highest BCUT2D eigenvalue weighted by Crippen LogP contribution is 2.44. The average molecular weight is 232 g/mol. The van der Waals surface area contributed by atoms with Crippen LogP contribution in [0.5, 0.6) is 0 Å². The molecule has 1 aliphatic carbocycles. The highest BCUT2D eigenvalue weighted by atomic mass is 19.2. The van der Waals surface area contributed by atoms with Gasteiger partial charge in [0.05, 0.1) is 12.5 Å². The van der Waals surface area contributed by atoms with Crippen molar-refractivity contribution in [1.29, 1.82) is 0 Å². The van der Waals surface area contributed by atoms with E-state index in [4.69, 9.17) is 0 Å². The summed E-state index contributed by atoms with van der Waals surface area (Å²) in [6, 6.07) is 1.80. The fourth-order valence-corrected chi connectivity index (χ4v) is 1.83. The second kappa shape index (κ2) is 3.90. The lowest BCUT2D eigenvalue weighted by atomic mass is 10.00. The maximum atomic E-state index is 13.4. The Bertz CT molecular complexity index is 467. The Morgan fingerprint density at radius 3 is 2.50 bits per heavy atom. The molecule has 16 heavy (non-hydrogen) atoms. The highest BCUT2D eigenvalue weighted by Gasteiger charge is 2.36. The van der Waals surface area contributed by atoms with Crippen molar-refractivity contribution in [1.82, 2.24) is 0 Å². The molecule has 1 aliphatic rings. The zero-order valence-electron chi connectivity index (χ0n) is 8.36. The molecule has 0 saturated heterocycles. The minimum absolute atomic E-state index is 0.230. The Kier molecular flexibility index (Phi) is 2.71. The largest absolute Gasteiger partial charge is 0.384 e. The standard InChI is InChI=1S/C11H8F4O/c1-16-4-6-8-5(9(13)10(6)14)2-3-7(12)11(8)15/h2-3,6H,4H2,1H3. The van der Waals surface area contributed by atoms with E-state index in [0.29, 0.717) is 0 Å². The van der Waals surface area contributed by atoms with Crippen molar-refractivity contribution < 1.29 is 22.3 Å². The number of fused-ring (bicyclic) bond motifs is 1. The minimum Gasteiger partial charge on any atom is -0.384 e. The SMILES string of the molecule is COCC1C(F)=C(F)c2ccc(F)c(F)c21. The van der Waals surface area contributed by atoms with Crippen molar-refractivity contribution in [2.75, 3.05) is 13.7 Å². The van der Waals surface area contributed by atoms with Crippen molar-refractivity contribution in [3.05, 3.63) is 40.7 Å². The van der Waals surface area contributed by atoms with E-state index in [1.807, 2.05) is 0 Å². The predicted molar refractivity (Wildman–Crippen MR) is 50.1 cm³/mol. The van der Waals surface area contributed by atoms with Gasteiger partial charge in [0.15, 0.2) is 17.5 Å². The number of rotatable bonds is 2. The van der Waals surface area contributed by atoms with Crippen molar-refractivity contribution in [2.24, 2.45) is 0 Å². The lowest BCUT2D eigenvalue weighted by Crippen LogP contribution is -2.07. The van der Waals surface area contributed by atoms with E-state index in [1.54, 1.807) is 0 Å². The van der Waals surface area contributed by atoms with E-state index in [-0.39, 0.29) is 17.7 Å². The smallest absolute Gasteiger partial charge is 0.163 e. The van der Waals surface area contributed by atoms with Crippen LogP contribution in [0, 0.1) is 11.6 Å². The van der Waals surface area contributed by atoms with Gasteiger partial charge in [0.1, 0.15) is 5.83 Å². The molecule has 0 amide bonds. The van der Waals surface area contributed by atoms with Gasteiger partial charge in [0.2, 0.25) is 0 Å². The van der Waals surface area contributed by atoms with E-state index >= 15 is 0 Å². The van der Waals surface area contributed by atoms with Gasteiger partial charge in [0.25, 0.3) is 0 Å². The summed E-state index contributed by atoms with van der Waals surface area (Å²) < 4.78 is 57.8. The second-order valence-corrected chi connectivity index (χ2v) is 3.49. The van der Waals surface area contributed by atoms with Crippen LogP contribution in [0.25, 0.3) is 5.83 Å². The summed E-state index contributed by atoms with van der Waals surface area (Å²) in [5.74, 6) is -5.79. The maximum Gasteiger partial charge on any atom is 0.163 e. The molecular weight excluding hydrogens is 224 g/mol. The Hall–Kier alpha value is -1.36. The van der Waals surface area contributed by atoms with Gasteiger partial charge in [-0.2, -0.15) is 0 Å². The van der Waals surface area contributed by atoms with Crippen LogP contribution < -0.4 is 0 Å². The molecule has 0 aromatic heterocycles. The molecule has 0 saturated carbocycles. The lowest BCUT2D eigenvalue weighted by molar-refractivity contribution is 0.180. The Labute approximate surface area is 89.3 Å². The number of hydrogen-bond acceptors (Lipinski definition) is 1. The molecule has 1 aromatic carbocycles. The second-order valence-electron chi connectivity index (χ2n) is 3.49. The van der Waals surface area contributed by atoms with Gasteiger partial charge in [-0.15, -0.1) is 0 Å². The molecule has 0 heterocycles. The first kappa shape index (κ1) is 11.1. The number of methoxy groups -OCH3 is 1. The van der Waals surface area contributed by atoms with Gasteiger partial charge in [-0.25, -0.2) is 17.6 Å². The summed E-state index contributed by atoms with van der Waals surface area (Å²) >= 11 is 0. The number of hydrogen-bond donors (Lipinski definition) is 0.